The van der Waals surface area contributed by atoms with Crippen LogP contribution in [-0.2, 0) is 16.4 Å². The second kappa shape index (κ2) is 6.99. The molecule has 126 valence electrons. The molecule has 0 saturated heterocycles. The van der Waals surface area contributed by atoms with E-state index in [0.29, 0.717) is 23.4 Å². The number of benzene rings is 1. The first-order valence-electron chi connectivity index (χ1n) is 7.39. The third-order valence-corrected chi connectivity index (χ3v) is 3.61. The van der Waals surface area contributed by atoms with Crippen LogP contribution in [-0.4, -0.2) is 24.9 Å². The Balaban J connectivity index is 1.99. The molecule has 0 amide bonds. The molecule has 1 heterocycles. The Morgan fingerprint density at radius 3 is 2.26 bits per heavy atom. The van der Waals surface area contributed by atoms with Crippen molar-refractivity contribution in [2.75, 3.05) is 16.3 Å². The fraction of sp³-hybridized carbons (Fsp3) is 0.467. The van der Waals surface area contributed by atoms with E-state index >= 15 is 0 Å². The normalized spacial score (nSPS) is 13.1. The topological polar surface area (TPSA) is 97.1 Å². The molecule has 0 spiro atoms. The van der Waals surface area contributed by atoms with Gasteiger partial charge in [0.1, 0.15) is 6.04 Å². The second-order valence-electron chi connectivity index (χ2n) is 5.95. The van der Waals surface area contributed by atoms with E-state index in [1.54, 1.807) is 24.3 Å². The predicted octanol–water partition coefficient (Wildman–Crippen LogP) is 2.81. The molecular formula is C15H22N4O3S. The number of aromatic nitrogens is 2. The highest BCUT2D eigenvalue weighted by Crippen LogP contribution is 2.21. The second-order valence-corrected chi connectivity index (χ2v) is 7.70. The van der Waals surface area contributed by atoms with Crippen molar-refractivity contribution in [2.45, 2.75) is 33.2 Å². The van der Waals surface area contributed by atoms with Crippen molar-refractivity contribution < 1.29 is 12.8 Å². The molecule has 8 heteroatoms. The third kappa shape index (κ3) is 5.55. The zero-order valence-corrected chi connectivity index (χ0v) is 14.5. The summed E-state index contributed by atoms with van der Waals surface area (Å²) >= 11 is 0. The molecule has 0 aliphatic rings. The molecule has 0 saturated carbocycles. The maximum atomic E-state index is 11.2. The van der Waals surface area contributed by atoms with Gasteiger partial charge in [-0.25, -0.2) is 8.42 Å². The Morgan fingerprint density at radius 1 is 1.09 bits per heavy atom. The van der Waals surface area contributed by atoms with Crippen LogP contribution in [0, 0.1) is 5.92 Å². The minimum absolute atomic E-state index is 0.142. The Morgan fingerprint density at radius 2 is 1.70 bits per heavy atom. The minimum atomic E-state index is -3.27. The average Bonchev–Trinajstić information content (AvgIpc) is 2.87. The van der Waals surface area contributed by atoms with Crippen LogP contribution < -0.4 is 10.0 Å². The molecule has 2 aromatic rings. The minimum Gasteiger partial charge on any atom is -0.423 e. The molecule has 2 N–H and O–H groups in total. The van der Waals surface area contributed by atoms with Crippen LogP contribution in [0.1, 0.15) is 38.6 Å². The number of rotatable bonds is 7. The molecule has 7 nitrogen and oxygen atoms in total. The fourth-order valence-corrected chi connectivity index (χ4v) is 2.60. The van der Waals surface area contributed by atoms with Gasteiger partial charge in [0.15, 0.2) is 0 Å². The quantitative estimate of drug-likeness (QED) is 0.806. The van der Waals surface area contributed by atoms with E-state index in [9.17, 15) is 8.42 Å². The summed E-state index contributed by atoms with van der Waals surface area (Å²) in [5.74, 6) is 1.62. The van der Waals surface area contributed by atoms with Crippen molar-refractivity contribution in [3.8, 4) is 0 Å². The number of hydrogen-bond donors (Lipinski definition) is 2. The van der Waals surface area contributed by atoms with Gasteiger partial charge in [0.05, 0.1) is 6.26 Å². The fourth-order valence-electron chi connectivity index (χ4n) is 2.03. The molecule has 0 radical (unpaired) electrons. The van der Waals surface area contributed by atoms with Crippen LogP contribution in [0.2, 0.25) is 0 Å². The van der Waals surface area contributed by atoms with Crippen LogP contribution in [0.4, 0.5) is 11.4 Å². The molecule has 0 aliphatic heterocycles. The Labute approximate surface area is 136 Å². The van der Waals surface area contributed by atoms with Gasteiger partial charge < -0.3 is 9.73 Å². The molecular weight excluding hydrogens is 316 g/mol. The van der Waals surface area contributed by atoms with E-state index in [1.165, 1.54) is 0 Å². The number of nitrogens with zero attached hydrogens (tertiary/aromatic N) is 2. The van der Waals surface area contributed by atoms with E-state index < -0.39 is 10.0 Å². The lowest BCUT2D eigenvalue weighted by Gasteiger charge is -2.12. The first-order chi connectivity index (χ1) is 10.7. The van der Waals surface area contributed by atoms with E-state index in [1.807, 2.05) is 6.92 Å². The lowest BCUT2D eigenvalue weighted by Crippen LogP contribution is -2.10. The van der Waals surface area contributed by atoms with Gasteiger partial charge in [0, 0.05) is 17.8 Å². The van der Waals surface area contributed by atoms with Gasteiger partial charge in [-0.15, -0.1) is 10.2 Å². The molecule has 0 aliphatic carbocycles. The van der Waals surface area contributed by atoms with Crippen LogP contribution in [0.3, 0.4) is 0 Å². The SMILES string of the molecule is CC(C)Cc1nnc([C@@H](C)Nc2ccc(NS(C)(=O)=O)cc2)o1. The van der Waals surface area contributed by atoms with Crippen molar-refractivity contribution in [2.24, 2.45) is 5.92 Å². The molecule has 23 heavy (non-hydrogen) atoms. The number of sulfonamides is 1. The summed E-state index contributed by atoms with van der Waals surface area (Å²) in [6.07, 6.45) is 1.87. The van der Waals surface area contributed by atoms with E-state index in [-0.39, 0.29) is 6.04 Å². The lowest BCUT2D eigenvalue weighted by atomic mass is 10.1. The molecule has 0 bridgehead atoms. The van der Waals surface area contributed by atoms with Gasteiger partial charge >= 0.3 is 0 Å². The van der Waals surface area contributed by atoms with Crippen LogP contribution >= 0.6 is 0 Å². The Hall–Kier alpha value is -2.09. The van der Waals surface area contributed by atoms with Gasteiger partial charge in [-0.2, -0.15) is 0 Å². The molecule has 1 aromatic heterocycles. The number of hydrogen-bond acceptors (Lipinski definition) is 6. The molecule has 1 atom stereocenters. The first kappa shape index (κ1) is 17.3. The zero-order chi connectivity index (χ0) is 17.0. The van der Waals surface area contributed by atoms with Gasteiger partial charge in [0.2, 0.25) is 21.8 Å². The lowest BCUT2D eigenvalue weighted by molar-refractivity contribution is 0.414. The number of nitrogens with one attached hydrogen (secondary N) is 2. The summed E-state index contributed by atoms with van der Waals surface area (Å²) in [6, 6.07) is 6.81. The van der Waals surface area contributed by atoms with E-state index in [4.69, 9.17) is 4.42 Å². The highest BCUT2D eigenvalue weighted by Gasteiger charge is 2.14. The Bertz CT molecular complexity index is 738. The largest absolute Gasteiger partial charge is 0.423 e. The van der Waals surface area contributed by atoms with E-state index in [0.717, 1.165) is 18.4 Å². The maximum Gasteiger partial charge on any atom is 0.238 e. The van der Waals surface area contributed by atoms with Gasteiger partial charge in [-0.05, 0) is 37.1 Å². The third-order valence-electron chi connectivity index (χ3n) is 3.01. The van der Waals surface area contributed by atoms with Crippen molar-refractivity contribution in [1.82, 2.24) is 10.2 Å². The van der Waals surface area contributed by atoms with Crippen molar-refractivity contribution in [1.29, 1.82) is 0 Å². The van der Waals surface area contributed by atoms with Crippen LogP contribution in [0.25, 0.3) is 0 Å². The summed E-state index contributed by atoms with van der Waals surface area (Å²) < 4.78 is 30.4. The monoisotopic (exact) mass is 338 g/mol. The summed E-state index contributed by atoms with van der Waals surface area (Å²) in [6.45, 7) is 6.12. The maximum absolute atomic E-state index is 11.2. The van der Waals surface area contributed by atoms with Gasteiger partial charge in [-0.1, -0.05) is 13.8 Å². The summed E-state index contributed by atoms with van der Waals surface area (Å²) in [4.78, 5) is 0. The van der Waals surface area contributed by atoms with Gasteiger partial charge in [0.25, 0.3) is 0 Å². The van der Waals surface area contributed by atoms with E-state index in [2.05, 4.69) is 34.1 Å². The highest BCUT2D eigenvalue weighted by molar-refractivity contribution is 7.92. The molecule has 0 fully saturated rings. The molecule has 1 aromatic carbocycles. The summed E-state index contributed by atoms with van der Waals surface area (Å²) in [7, 11) is -3.27. The van der Waals surface area contributed by atoms with Crippen molar-refractivity contribution in [3.05, 3.63) is 36.0 Å². The molecule has 2 rings (SSSR count). The summed E-state index contributed by atoms with van der Waals surface area (Å²) in [5.41, 5.74) is 1.35. The highest BCUT2D eigenvalue weighted by atomic mass is 32.2. The average molecular weight is 338 g/mol. The Kier molecular flexibility index (Phi) is 5.25. The van der Waals surface area contributed by atoms with Gasteiger partial charge in [-0.3, -0.25) is 4.72 Å². The zero-order valence-electron chi connectivity index (χ0n) is 13.7. The molecule has 0 unspecified atom stereocenters. The number of anilines is 2. The standard InChI is InChI=1S/C15H22N4O3S/c1-10(2)9-14-17-18-15(22-14)11(3)16-12-5-7-13(8-6-12)19-23(4,20)21/h5-8,10-11,16,19H,9H2,1-4H3/t11-/m1/s1. The van der Waals surface area contributed by atoms with Crippen LogP contribution in [0.5, 0.6) is 0 Å². The predicted molar refractivity (Wildman–Crippen MR) is 89.8 cm³/mol. The van der Waals surface area contributed by atoms with Crippen molar-refractivity contribution in [3.63, 3.8) is 0 Å². The first-order valence-corrected chi connectivity index (χ1v) is 9.29. The van der Waals surface area contributed by atoms with Crippen LogP contribution in [0.15, 0.2) is 28.7 Å². The van der Waals surface area contributed by atoms with Crippen molar-refractivity contribution >= 4 is 21.4 Å². The summed E-state index contributed by atoms with van der Waals surface area (Å²) in [5, 5.41) is 11.3. The smallest absolute Gasteiger partial charge is 0.238 e.